The smallest absolute Gasteiger partial charge is 0.270 e. The van der Waals surface area contributed by atoms with Crippen molar-refractivity contribution in [2.75, 3.05) is 36.5 Å². The molecule has 0 radical (unpaired) electrons. The van der Waals surface area contributed by atoms with Crippen LogP contribution in [0.1, 0.15) is 6.92 Å². The zero-order valence-electron chi connectivity index (χ0n) is 14.6. The van der Waals surface area contributed by atoms with Crippen molar-refractivity contribution < 1.29 is 19.0 Å². The summed E-state index contributed by atoms with van der Waals surface area (Å²) in [5.74, 6) is 1.43. The van der Waals surface area contributed by atoms with Gasteiger partial charge in [-0.25, -0.2) is 4.98 Å². The summed E-state index contributed by atoms with van der Waals surface area (Å²) in [6, 6.07) is 11.1. The summed E-state index contributed by atoms with van der Waals surface area (Å²) in [7, 11) is 0. The Bertz CT molecular complexity index is 775. The molecule has 0 saturated carbocycles. The maximum Gasteiger partial charge on any atom is 0.270 e. The van der Waals surface area contributed by atoms with E-state index in [9.17, 15) is 4.79 Å². The Balaban J connectivity index is 1.41. The lowest BCUT2D eigenvalue weighted by molar-refractivity contribution is -0.128. The Morgan fingerprint density at radius 3 is 2.54 bits per heavy atom. The van der Waals surface area contributed by atoms with Crippen molar-refractivity contribution in [3.05, 3.63) is 42.6 Å². The van der Waals surface area contributed by atoms with Gasteiger partial charge in [-0.1, -0.05) is 12.1 Å². The molecule has 1 fully saturated rings. The van der Waals surface area contributed by atoms with Crippen LogP contribution in [-0.4, -0.2) is 49.4 Å². The number of fused-ring (bicyclic) bond motifs is 1. The van der Waals surface area contributed by atoms with E-state index in [4.69, 9.17) is 14.2 Å². The summed E-state index contributed by atoms with van der Waals surface area (Å²) >= 11 is 0. The van der Waals surface area contributed by atoms with Crippen LogP contribution < -0.4 is 19.7 Å². The summed E-state index contributed by atoms with van der Waals surface area (Å²) < 4.78 is 16.9. The molecule has 7 heteroatoms. The molecule has 2 atom stereocenters. The molecular weight excluding hydrogens is 334 g/mol. The number of nitrogens with zero attached hydrogens (tertiary/aromatic N) is 2. The molecule has 136 valence electrons. The van der Waals surface area contributed by atoms with Crippen LogP contribution in [0.3, 0.4) is 0 Å². The third kappa shape index (κ3) is 3.43. The molecule has 0 bridgehead atoms. The van der Waals surface area contributed by atoms with Crippen molar-refractivity contribution in [3.8, 4) is 11.5 Å². The number of hydrogen-bond acceptors (Lipinski definition) is 6. The van der Waals surface area contributed by atoms with Gasteiger partial charge < -0.3 is 24.4 Å². The number of pyridine rings is 1. The van der Waals surface area contributed by atoms with Gasteiger partial charge in [0.05, 0.1) is 25.1 Å². The molecule has 2 aliphatic heterocycles. The fourth-order valence-electron chi connectivity index (χ4n) is 3.07. The monoisotopic (exact) mass is 355 g/mol. The van der Waals surface area contributed by atoms with Crippen molar-refractivity contribution in [3.63, 3.8) is 0 Å². The molecule has 2 aromatic rings. The van der Waals surface area contributed by atoms with Gasteiger partial charge in [-0.05, 0) is 31.2 Å². The highest BCUT2D eigenvalue weighted by Gasteiger charge is 2.34. The zero-order valence-corrected chi connectivity index (χ0v) is 14.6. The van der Waals surface area contributed by atoms with Gasteiger partial charge in [0.25, 0.3) is 5.91 Å². The topological polar surface area (TPSA) is 72.9 Å². The highest BCUT2D eigenvalue weighted by atomic mass is 16.6. The molecule has 0 aliphatic carbocycles. The molecule has 4 rings (SSSR count). The quantitative estimate of drug-likeness (QED) is 0.909. The van der Waals surface area contributed by atoms with Gasteiger partial charge in [-0.3, -0.25) is 4.79 Å². The summed E-state index contributed by atoms with van der Waals surface area (Å²) in [6.45, 7) is 4.94. The Morgan fingerprint density at radius 1 is 1.12 bits per heavy atom. The third-order valence-electron chi connectivity index (χ3n) is 4.48. The van der Waals surface area contributed by atoms with E-state index >= 15 is 0 Å². The van der Waals surface area contributed by atoms with E-state index in [0.717, 1.165) is 32.0 Å². The van der Waals surface area contributed by atoms with Crippen LogP contribution in [-0.2, 0) is 9.53 Å². The SMILES string of the molecule is C[C@@H]1Oc2ccccc2O[C@@H]1C(=O)Nc1ccc(N2CCOCC2)cn1. The van der Waals surface area contributed by atoms with Gasteiger partial charge in [-0.15, -0.1) is 0 Å². The summed E-state index contributed by atoms with van der Waals surface area (Å²) in [5.41, 5.74) is 1.02. The van der Waals surface area contributed by atoms with E-state index in [1.807, 2.05) is 31.2 Å². The molecule has 1 saturated heterocycles. The van der Waals surface area contributed by atoms with Gasteiger partial charge in [0.15, 0.2) is 11.5 Å². The third-order valence-corrected chi connectivity index (χ3v) is 4.48. The molecule has 1 aromatic carbocycles. The van der Waals surface area contributed by atoms with Crippen LogP contribution in [0.4, 0.5) is 11.5 Å². The van der Waals surface area contributed by atoms with Crippen LogP contribution in [0.2, 0.25) is 0 Å². The fourth-order valence-corrected chi connectivity index (χ4v) is 3.07. The first-order valence-corrected chi connectivity index (χ1v) is 8.73. The van der Waals surface area contributed by atoms with Crippen molar-refractivity contribution in [2.45, 2.75) is 19.1 Å². The first-order valence-electron chi connectivity index (χ1n) is 8.73. The van der Waals surface area contributed by atoms with Crippen LogP contribution in [0.25, 0.3) is 0 Å². The average molecular weight is 355 g/mol. The summed E-state index contributed by atoms with van der Waals surface area (Å²) in [4.78, 5) is 19.1. The van der Waals surface area contributed by atoms with Crippen molar-refractivity contribution >= 4 is 17.4 Å². The number of morpholine rings is 1. The number of nitrogens with one attached hydrogen (secondary N) is 1. The first-order chi connectivity index (χ1) is 12.7. The Hall–Kier alpha value is -2.80. The van der Waals surface area contributed by atoms with Gasteiger partial charge in [0, 0.05) is 13.1 Å². The van der Waals surface area contributed by atoms with E-state index < -0.39 is 12.2 Å². The largest absolute Gasteiger partial charge is 0.482 e. The van der Waals surface area contributed by atoms with E-state index in [1.54, 1.807) is 18.3 Å². The average Bonchev–Trinajstić information content (AvgIpc) is 2.68. The molecular formula is C19H21N3O4. The number of hydrogen-bond donors (Lipinski definition) is 1. The van der Waals surface area contributed by atoms with E-state index in [1.165, 1.54) is 0 Å². The lowest BCUT2D eigenvalue weighted by Crippen LogP contribution is -2.46. The van der Waals surface area contributed by atoms with Gasteiger partial charge in [0.2, 0.25) is 6.10 Å². The summed E-state index contributed by atoms with van der Waals surface area (Å²) in [5, 5.41) is 2.80. The number of aromatic nitrogens is 1. The molecule has 26 heavy (non-hydrogen) atoms. The Labute approximate surface area is 151 Å². The molecule has 0 spiro atoms. The lowest BCUT2D eigenvalue weighted by atomic mass is 10.1. The second kappa shape index (κ2) is 7.21. The Morgan fingerprint density at radius 2 is 1.85 bits per heavy atom. The number of para-hydroxylation sites is 2. The highest BCUT2D eigenvalue weighted by Crippen LogP contribution is 2.33. The molecule has 3 heterocycles. The second-order valence-corrected chi connectivity index (χ2v) is 6.30. The highest BCUT2D eigenvalue weighted by molar-refractivity contribution is 5.94. The molecule has 1 aromatic heterocycles. The number of carbonyl (C=O) groups is 1. The summed E-state index contributed by atoms with van der Waals surface area (Å²) in [6.07, 6.45) is 0.640. The number of ether oxygens (including phenoxy) is 3. The van der Waals surface area contributed by atoms with E-state index in [0.29, 0.717) is 17.3 Å². The fraction of sp³-hybridized carbons (Fsp3) is 0.368. The molecule has 0 unspecified atom stereocenters. The standard InChI is InChI=1S/C19H21N3O4/c1-13-18(26-16-5-3-2-4-15(16)25-13)19(23)21-17-7-6-14(12-20-17)22-8-10-24-11-9-22/h2-7,12-13,18H,8-11H2,1H3,(H,20,21,23)/t13-,18-/m0/s1. The predicted molar refractivity (Wildman–Crippen MR) is 96.8 cm³/mol. The number of amides is 1. The van der Waals surface area contributed by atoms with Crippen molar-refractivity contribution in [1.29, 1.82) is 0 Å². The minimum absolute atomic E-state index is 0.279. The molecule has 1 amide bonds. The molecule has 7 nitrogen and oxygen atoms in total. The zero-order chi connectivity index (χ0) is 17.9. The van der Waals surface area contributed by atoms with E-state index in [-0.39, 0.29) is 5.91 Å². The molecule has 2 aliphatic rings. The normalized spacial score (nSPS) is 22.0. The van der Waals surface area contributed by atoms with Gasteiger partial charge in [-0.2, -0.15) is 0 Å². The van der Waals surface area contributed by atoms with Gasteiger partial charge in [0.1, 0.15) is 11.9 Å². The van der Waals surface area contributed by atoms with Crippen LogP contribution in [0.5, 0.6) is 11.5 Å². The van der Waals surface area contributed by atoms with Crippen molar-refractivity contribution in [2.24, 2.45) is 0 Å². The van der Waals surface area contributed by atoms with Crippen molar-refractivity contribution in [1.82, 2.24) is 4.98 Å². The first kappa shape index (κ1) is 16.7. The number of benzene rings is 1. The van der Waals surface area contributed by atoms with Crippen LogP contribution >= 0.6 is 0 Å². The lowest BCUT2D eigenvalue weighted by Gasteiger charge is -2.31. The molecule has 1 N–H and O–H groups in total. The minimum Gasteiger partial charge on any atom is -0.482 e. The van der Waals surface area contributed by atoms with E-state index in [2.05, 4.69) is 15.2 Å². The second-order valence-electron chi connectivity index (χ2n) is 6.30. The predicted octanol–water partition coefficient (Wildman–Crippen LogP) is 2.09. The van der Waals surface area contributed by atoms with Crippen LogP contribution in [0.15, 0.2) is 42.6 Å². The maximum atomic E-state index is 12.6. The Kier molecular flexibility index (Phi) is 4.62. The van der Waals surface area contributed by atoms with Crippen LogP contribution in [0, 0.1) is 0 Å². The van der Waals surface area contributed by atoms with Gasteiger partial charge >= 0.3 is 0 Å². The maximum absolute atomic E-state index is 12.6. The number of rotatable bonds is 3. The number of carbonyl (C=O) groups excluding carboxylic acids is 1. The minimum atomic E-state index is -0.731. The number of anilines is 2.